The smallest absolute Gasteiger partial charge is 0.410 e. The molecule has 2 heterocycles. The van der Waals surface area contributed by atoms with Gasteiger partial charge in [-0.1, -0.05) is 0 Å². The molecule has 0 bridgehead atoms. The summed E-state index contributed by atoms with van der Waals surface area (Å²) in [5.41, 5.74) is 0.508. The third kappa shape index (κ3) is 18.9. The van der Waals surface area contributed by atoms with Crippen LogP contribution in [-0.4, -0.2) is 190 Å². The number of aliphatic hydroxyl groups excluding tert-OH is 3. The summed E-state index contributed by atoms with van der Waals surface area (Å²) in [6.07, 6.45) is -11.9. The fraction of sp³-hybridized carbons (Fsp3) is 0.854. The Hall–Kier alpha value is -4.27. The first-order chi connectivity index (χ1) is 33.0. The number of amides is 5. The Morgan fingerprint density at radius 1 is 0.764 bits per heavy atom. The van der Waals surface area contributed by atoms with Gasteiger partial charge in [-0.15, -0.1) is 0 Å². The summed E-state index contributed by atoms with van der Waals surface area (Å²) in [4.78, 5) is 67.4. The fourth-order valence-electron chi connectivity index (χ4n) is 8.63. The van der Waals surface area contributed by atoms with Crippen molar-refractivity contribution in [3.8, 4) is 0 Å². The van der Waals surface area contributed by atoms with Crippen molar-refractivity contribution in [3.05, 3.63) is 11.8 Å². The number of hydrogen-bond acceptors (Lipinski definition) is 19. The van der Waals surface area contributed by atoms with Crippen LogP contribution >= 0.6 is 0 Å². The van der Waals surface area contributed by atoms with E-state index in [1.54, 1.807) is 89.2 Å². The lowest BCUT2D eigenvalue weighted by Gasteiger charge is -2.50. The lowest BCUT2D eigenvalue weighted by atomic mass is 9.81. The lowest BCUT2D eigenvalue weighted by Crippen LogP contribution is -2.71. The highest BCUT2D eigenvalue weighted by Gasteiger charge is 2.55. The van der Waals surface area contributed by atoms with Crippen LogP contribution in [0, 0.1) is 5.92 Å². The van der Waals surface area contributed by atoms with Crippen molar-refractivity contribution in [2.75, 3.05) is 33.3 Å². The molecule has 3 fully saturated rings. The molecule has 0 aromatic carbocycles. The van der Waals surface area contributed by atoms with Crippen LogP contribution in [0.5, 0.6) is 0 Å². The highest BCUT2D eigenvalue weighted by Crippen LogP contribution is 2.35. The minimum absolute atomic E-state index is 0.158. The van der Waals surface area contributed by atoms with Crippen molar-refractivity contribution in [1.82, 2.24) is 31.5 Å². The Balaban J connectivity index is 1.73. The second-order valence-corrected chi connectivity index (χ2v) is 23.5. The van der Waals surface area contributed by atoms with Crippen molar-refractivity contribution in [2.24, 2.45) is 11.7 Å². The number of nitrogens with one attached hydrogen (secondary N) is 5. The Bertz CT molecular complexity index is 1870. The third-order valence-electron chi connectivity index (χ3n) is 11.8. The average molecular weight is 1030 g/mol. The van der Waals surface area contributed by atoms with E-state index in [4.69, 9.17) is 43.6 Å². The molecule has 0 unspecified atom stereocenters. The van der Waals surface area contributed by atoms with Crippen LogP contribution in [0.1, 0.15) is 122 Å². The number of alkyl carbamates (subject to hydrolysis) is 3. The highest BCUT2D eigenvalue weighted by molar-refractivity contribution is 5.81. The van der Waals surface area contributed by atoms with Crippen molar-refractivity contribution in [3.63, 3.8) is 0 Å². The van der Waals surface area contributed by atoms with Gasteiger partial charge in [0.15, 0.2) is 6.29 Å². The highest BCUT2D eigenvalue weighted by atomic mass is 16.7. The van der Waals surface area contributed by atoms with E-state index in [1.165, 1.54) is 14.0 Å². The number of carbonyl (C=O) groups excluding carboxylic acids is 5. The monoisotopic (exact) mass is 1030 g/mol. The second kappa shape index (κ2) is 24.4. The number of hydrogen-bond donors (Lipinski definition) is 10. The summed E-state index contributed by atoms with van der Waals surface area (Å²) < 4.78 is 47.3. The molecular weight excluding hydrogens is 947 g/mol. The van der Waals surface area contributed by atoms with Gasteiger partial charge in [0, 0.05) is 19.6 Å². The summed E-state index contributed by atoms with van der Waals surface area (Å²) in [5, 5.41) is 61.2. The molecule has 2 aliphatic heterocycles. The Labute approximate surface area is 423 Å². The van der Waals surface area contributed by atoms with Crippen LogP contribution < -0.4 is 32.3 Å². The molecule has 0 radical (unpaired) electrons. The van der Waals surface area contributed by atoms with Gasteiger partial charge >= 0.3 is 24.4 Å². The van der Waals surface area contributed by atoms with E-state index in [-0.39, 0.29) is 38.4 Å². The van der Waals surface area contributed by atoms with Gasteiger partial charge in [-0.3, -0.25) is 4.79 Å². The maximum absolute atomic E-state index is 13.9. The number of rotatable bonds is 16. The van der Waals surface area contributed by atoms with Gasteiger partial charge in [0.05, 0.1) is 37.3 Å². The molecule has 0 spiro atoms. The number of likely N-dealkylation sites (N-methyl/N-ethyl adjacent to an activating group) is 1. The third-order valence-corrected chi connectivity index (χ3v) is 11.8. The van der Waals surface area contributed by atoms with Crippen molar-refractivity contribution >= 4 is 30.3 Å². The molecule has 72 heavy (non-hydrogen) atoms. The first kappa shape index (κ1) is 60.3. The normalized spacial score (nSPS) is 31.5. The largest absolute Gasteiger partial charge is 0.466 e. The van der Waals surface area contributed by atoms with E-state index in [0.29, 0.717) is 18.2 Å². The zero-order chi connectivity index (χ0) is 54.3. The van der Waals surface area contributed by atoms with Crippen LogP contribution in [0.4, 0.5) is 19.2 Å². The standard InChI is InChI=1S/C48H85N7O17/c1-44(2,3)69-40(60)51-18-17-31(56)37(59)52-29-21-30(54-42(62)71-46(7,8)9)35(32(57)34(29)68-39-33(58)36(48(13,64)24-65-39)55(14)43(63)72-47(10,11)12)67-38-28(53-41(61)70-45(4,5)6)16-15-27(66-38)23-50-22-25-19-26(49)20-25/h15,25-26,28-36,38-39,50,56-58,64H,16-24,49H2,1-14H3,(H,51,60)(H,52,59)(H,53,61)(H,54,62)/t25?,26?,28-,29-,30+,31+,32-,33-,34+,35-,36-,38-,39-,48+/m1/s1. The van der Waals surface area contributed by atoms with E-state index >= 15 is 0 Å². The van der Waals surface area contributed by atoms with E-state index in [9.17, 15) is 44.4 Å². The SMILES string of the molecule is CN(C(=O)OC(C)(C)C)[C@@H]1[C@@H](O)[C@@H](O[C@@H]2[C@@H](O)[C@H](O[C@H]3OC(CNCC4CC(N)C4)=CC[C@H]3NC(=O)OC(C)(C)C)[C@@H](NC(=O)OC(C)(C)C)C[C@H]2NC(=O)[C@@H](O)CCNC(=O)OC(C)(C)C)OC[C@]1(C)O. The maximum Gasteiger partial charge on any atom is 0.410 e. The molecule has 5 amide bonds. The topological polar surface area (TPSA) is 330 Å². The van der Waals surface area contributed by atoms with Crippen molar-refractivity contribution in [1.29, 1.82) is 0 Å². The van der Waals surface area contributed by atoms with Crippen LogP contribution in [0.2, 0.25) is 0 Å². The van der Waals surface area contributed by atoms with E-state index in [2.05, 4.69) is 26.6 Å². The minimum atomic E-state index is -1.88. The van der Waals surface area contributed by atoms with Gasteiger partial charge in [0.1, 0.15) is 64.3 Å². The molecule has 1 saturated heterocycles. The number of ether oxygens (including phenoxy) is 8. The van der Waals surface area contributed by atoms with Crippen LogP contribution in [0.15, 0.2) is 11.8 Å². The Morgan fingerprint density at radius 2 is 1.28 bits per heavy atom. The molecule has 24 nitrogen and oxygen atoms in total. The van der Waals surface area contributed by atoms with E-state index in [0.717, 1.165) is 17.7 Å². The zero-order valence-corrected chi connectivity index (χ0v) is 44.6. The molecule has 11 N–H and O–H groups in total. The minimum Gasteiger partial charge on any atom is -0.466 e. The van der Waals surface area contributed by atoms with Gasteiger partial charge in [0.2, 0.25) is 12.2 Å². The first-order valence-electron chi connectivity index (χ1n) is 24.7. The summed E-state index contributed by atoms with van der Waals surface area (Å²) in [7, 11) is 1.32. The Kier molecular flexibility index (Phi) is 20.4. The molecule has 12 atom stereocenters. The number of nitrogens with zero attached hydrogens (tertiary/aromatic N) is 1. The summed E-state index contributed by atoms with van der Waals surface area (Å²) in [6.45, 7) is 21.6. The number of carbonyl (C=O) groups is 5. The Morgan fingerprint density at radius 3 is 1.82 bits per heavy atom. The van der Waals surface area contributed by atoms with Crippen molar-refractivity contribution < 1.29 is 82.3 Å². The van der Waals surface area contributed by atoms with Crippen molar-refractivity contribution in [2.45, 2.75) is 223 Å². The number of nitrogens with two attached hydrogens (primary N) is 1. The van der Waals surface area contributed by atoms with Crippen LogP contribution in [-0.2, 0) is 42.7 Å². The molecule has 2 saturated carbocycles. The van der Waals surface area contributed by atoms with Gasteiger partial charge < -0.3 is 95.5 Å². The predicted molar refractivity (Wildman–Crippen MR) is 259 cm³/mol. The fourth-order valence-corrected chi connectivity index (χ4v) is 8.63. The molecule has 414 valence electrons. The molecule has 24 heteroatoms. The lowest BCUT2D eigenvalue weighted by molar-refractivity contribution is -0.311. The quantitative estimate of drug-likeness (QED) is 0.0984. The molecule has 4 aliphatic rings. The van der Waals surface area contributed by atoms with Gasteiger partial charge in [-0.25, -0.2) is 19.2 Å². The molecule has 2 aliphatic carbocycles. The molecule has 4 rings (SSSR count). The predicted octanol–water partition coefficient (Wildman–Crippen LogP) is 1.73. The van der Waals surface area contributed by atoms with Gasteiger partial charge in [-0.05, 0) is 141 Å². The summed E-state index contributed by atoms with van der Waals surface area (Å²) in [5.74, 6) is -0.131. The summed E-state index contributed by atoms with van der Waals surface area (Å²) >= 11 is 0. The van der Waals surface area contributed by atoms with Crippen LogP contribution in [0.25, 0.3) is 0 Å². The van der Waals surface area contributed by atoms with E-state index in [1.807, 2.05) is 0 Å². The van der Waals surface area contributed by atoms with Crippen LogP contribution in [0.3, 0.4) is 0 Å². The average Bonchev–Trinajstić information content (AvgIpc) is 3.18. The van der Waals surface area contributed by atoms with Gasteiger partial charge in [-0.2, -0.15) is 0 Å². The van der Waals surface area contributed by atoms with E-state index < -0.39 is 132 Å². The van der Waals surface area contributed by atoms with Gasteiger partial charge in [0.25, 0.3) is 0 Å². The molecular formula is C48H85N7O17. The maximum atomic E-state index is 13.9. The summed E-state index contributed by atoms with van der Waals surface area (Å²) in [6, 6.07) is -4.76. The first-order valence-corrected chi connectivity index (χ1v) is 24.7. The zero-order valence-electron chi connectivity index (χ0n) is 44.6. The second-order valence-electron chi connectivity index (χ2n) is 23.5. The molecule has 0 aromatic heterocycles. The number of aliphatic hydroxyl groups is 4. The molecule has 0 aromatic rings.